The largest absolute Gasteiger partial charge is 0.385 e. The molecule has 10 heteroatoms. The number of rotatable bonds is 12. The van der Waals surface area contributed by atoms with Crippen molar-refractivity contribution in [1.82, 2.24) is 15.4 Å². The molecule has 0 radical (unpaired) electrons. The fourth-order valence-electron chi connectivity index (χ4n) is 2.11. The van der Waals surface area contributed by atoms with Gasteiger partial charge in [-0.05, 0) is 31.0 Å². The SMILES string of the molecule is CCNC(=NCc1cccc(S(=O)(=O)NCCOC)c1)NCCCOC.I. The second-order valence-corrected chi connectivity index (χ2v) is 7.27. The summed E-state index contributed by atoms with van der Waals surface area (Å²) in [6.07, 6.45) is 0.877. The highest BCUT2D eigenvalue weighted by atomic mass is 127. The van der Waals surface area contributed by atoms with Gasteiger partial charge in [-0.3, -0.25) is 0 Å². The number of hydrogen-bond acceptors (Lipinski definition) is 5. The first kappa shape index (κ1) is 26.1. The molecule has 156 valence electrons. The highest BCUT2D eigenvalue weighted by molar-refractivity contribution is 14.0. The third-order valence-electron chi connectivity index (χ3n) is 3.39. The number of sulfonamides is 1. The van der Waals surface area contributed by atoms with E-state index in [-0.39, 0.29) is 35.4 Å². The van der Waals surface area contributed by atoms with Gasteiger partial charge in [0.1, 0.15) is 0 Å². The average Bonchev–Trinajstić information content (AvgIpc) is 2.63. The van der Waals surface area contributed by atoms with Crippen molar-refractivity contribution in [3.63, 3.8) is 0 Å². The van der Waals surface area contributed by atoms with Crippen LogP contribution in [0.3, 0.4) is 0 Å². The number of halogens is 1. The number of nitrogens with zero attached hydrogens (tertiary/aromatic N) is 1. The van der Waals surface area contributed by atoms with Crippen LogP contribution in [0.1, 0.15) is 18.9 Å². The van der Waals surface area contributed by atoms with Crippen LogP contribution in [0.5, 0.6) is 0 Å². The van der Waals surface area contributed by atoms with Crippen LogP contribution in [0.4, 0.5) is 0 Å². The number of benzene rings is 1. The summed E-state index contributed by atoms with van der Waals surface area (Å²) < 4.78 is 36.9. The van der Waals surface area contributed by atoms with E-state index in [1.165, 1.54) is 7.11 Å². The van der Waals surface area contributed by atoms with Crippen LogP contribution in [0.2, 0.25) is 0 Å². The molecule has 3 N–H and O–H groups in total. The van der Waals surface area contributed by atoms with Gasteiger partial charge in [0.15, 0.2) is 5.96 Å². The van der Waals surface area contributed by atoms with E-state index in [9.17, 15) is 8.42 Å². The molecule has 1 aromatic carbocycles. The average molecular weight is 514 g/mol. The lowest BCUT2D eigenvalue weighted by atomic mass is 10.2. The Morgan fingerprint density at radius 3 is 2.52 bits per heavy atom. The molecule has 0 aliphatic rings. The van der Waals surface area contributed by atoms with Gasteiger partial charge in [0.2, 0.25) is 10.0 Å². The van der Waals surface area contributed by atoms with E-state index in [1.807, 2.05) is 13.0 Å². The molecule has 0 aliphatic carbocycles. The Morgan fingerprint density at radius 1 is 1.11 bits per heavy atom. The van der Waals surface area contributed by atoms with Gasteiger partial charge >= 0.3 is 0 Å². The molecule has 1 rings (SSSR count). The van der Waals surface area contributed by atoms with Crippen LogP contribution < -0.4 is 15.4 Å². The summed E-state index contributed by atoms with van der Waals surface area (Å²) in [6.45, 7) is 5.10. The van der Waals surface area contributed by atoms with Crippen LogP contribution in [0.25, 0.3) is 0 Å². The fraction of sp³-hybridized carbons (Fsp3) is 0.588. The summed E-state index contributed by atoms with van der Waals surface area (Å²) in [5, 5.41) is 6.38. The van der Waals surface area contributed by atoms with Gasteiger partial charge in [0.25, 0.3) is 0 Å². The Balaban J connectivity index is 0.00000676. The van der Waals surface area contributed by atoms with Crippen LogP contribution in [0, 0.1) is 0 Å². The quantitative estimate of drug-likeness (QED) is 0.168. The summed E-state index contributed by atoms with van der Waals surface area (Å²) in [5.74, 6) is 0.690. The van der Waals surface area contributed by atoms with E-state index in [4.69, 9.17) is 9.47 Å². The summed E-state index contributed by atoms with van der Waals surface area (Å²) in [5.41, 5.74) is 0.814. The first-order chi connectivity index (χ1) is 12.5. The Morgan fingerprint density at radius 2 is 1.85 bits per heavy atom. The highest BCUT2D eigenvalue weighted by Gasteiger charge is 2.13. The summed E-state index contributed by atoms with van der Waals surface area (Å²) in [6, 6.07) is 6.77. The van der Waals surface area contributed by atoms with E-state index >= 15 is 0 Å². The Hall–Kier alpha value is -0.950. The van der Waals surface area contributed by atoms with E-state index in [1.54, 1.807) is 25.3 Å². The number of aliphatic imine (C=N–C) groups is 1. The number of guanidine groups is 1. The van der Waals surface area contributed by atoms with Crippen molar-refractivity contribution in [3.8, 4) is 0 Å². The normalized spacial score (nSPS) is 11.7. The molecule has 0 unspecified atom stereocenters. The van der Waals surface area contributed by atoms with Crippen molar-refractivity contribution in [1.29, 1.82) is 0 Å². The van der Waals surface area contributed by atoms with E-state index in [0.29, 0.717) is 25.7 Å². The third-order valence-corrected chi connectivity index (χ3v) is 4.85. The minimum atomic E-state index is -3.55. The van der Waals surface area contributed by atoms with Gasteiger partial charge in [-0.15, -0.1) is 24.0 Å². The van der Waals surface area contributed by atoms with E-state index in [2.05, 4.69) is 20.3 Å². The Kier molecular flexibility index (Phi) is 14.5. The molecule has 0 amide bonds. The molecule has 1 aromatic rings. The molecule has 0 saturated heterocycles. The minimum Gasteiger partial charge on any atom is -0.385 e. The molecule has 0 atom stereocenters. The topological polar surface area (TPSA) is 101 Å². The lowest BCUT2D eigenvalue weighted by Crippen LogP contribution is -2.38. The molecule has 27 heavy (non-hydrogen) atoms. The van der Waals surface area contributed by atoms with Gasteiger partial charge in [0.05, 0.1) is 18.0 Å². The van der Waals surface area contributed by atoms with Gasteiger partial charge in [-0.25, -0.2) is 18.1 Å². The molecule has 0 bridgehead atoms. The molecule has 0 aliphatic heterocycles. The lowest BCUT2D eigenvalue weighted by Gasteiger charge is -2.11. The number of ether oxygens (including phenoxy) is 2. The molecule has 0 saturated carbocycles. The zero-order valence-electron chi connectivity index (χ0n) is 16.2. The fourth-order valence-corrected chi connectivity index (χ4v) is 3.19. The smallest absolute Gasteiger partial charge is 0.240 e. The molecule has 0 spiro atoms. The van der Waals surface area contributed by atoms with Crippen molar-refractivity contribution in [2.45, 2.75) is 24.8 Å². The second kappa shape index (κ2) is 15.0. The first-order valence-electron chi connectivity index (χ1n) is 8.62. The second-order valence-electron chi connectivity index (χ2n) is 5.51. The molecular formula is C17H31IN4O4S. The maximum absolute atomic E-state index is 12.3. The molecular weight excluding hydrogens is 483 g/mol. The van der Waals surface area contributed by atoms with E-state index < -0.39 is 10.0 Å². The molecule has 0 fully saturated rings. The van der Waals surface area contributed by atoms with Crippen molar-refractivity contribution >= 4 is 40.0 Å². The van der Waals surface area contributed by atoms with E-state index in [0.717, 1.165) is 25.1 Å². The van der Waals surface area contributed by atoms with Crippen LogP contribution in [-0.2, 0) is 26.0 Å². The monoisotopic (exact) mass is 514 g/mol. The zero-order valence-corrected chi connectivity index (χ0v) is 19.3. The van der Waals surface area contributed by atoms with Crippen molar-refractivity contribution < 1.29 is 17.9 Å². The maximum Gasteiger partial charge on any atom is 0.240 e. The molecule has 0 aromatic heterocycles. The molecule has 0 heterocycles. The Bertz CT molecular complexity index is 656. The standard InChI is InChI=1S/C17H30N4O4S.HI/c1-4-18-17(19-9-6-11-24-2)20-14-15-7-5-8-16(13-15)26(22,23)21-10-12-25-3;/h5,7-8,13,21H,4,6,9-12,14H2,1-3H3,(H2,18,19,20);1H. The molecule has 8 nitrogen and oxygen atoms in total. The number of methoxy groups -OCH3 is 2. The zero-order chi connectivity index (χ0) is 19.3. The van der Waals surface area contributed by atoms with Crippen molar-refractivity contribution in [3.05, 3.63) is 29.8 Å². The summed E-state index contributed by atoms with van der Waals surface area (Å²) >= 11 is 0. The lowest BCUT2D eigenvalue weighted by molar-refractivity contribution is 0.195. The maximum atomic E-state index is 12.3. The van der Waals surface area contributed by atoms with Crippen LogP contribution in [0.15, 0.2) is 34.2 Å². The minimum absolute atomic E-state index is 0. The van der Waals surface area contributed by atoms with Gasteiger partial charge in [-0.2, -0.15) is 0 Å². The van der Waals surface area contributed by atoms with Crippen LogP contribution >= 0.6 is 24.0 Å². The van der Waals surface area contributed by atoms with Crippen LogP contribution in [-0.4, -0.2) is 61.4 Å². The highest BCUT2D eigenvalue weighted by Crippen LogP contribution is 2.12. The van der Waals surface area contributed by atoms with Crippen molar-refractivity contribution in [2.24, 2.45) is 4.99 Å². The number of hydrogen-bond donors (Lipinski definition) is 3. The summed E-state index contributed by atoms with van der Waals surface area (Å²) in [4.78, 5) is 4.72. The predicted octanol–water partition coefficient (Wildman–Crippen LogP) is 1.32. The third kappa shape index (κ3) is 10.8. The predicted molar refractivity (Wildman–Crippen MR) is 118 cm³/mol. The summed E-state index contributed by atoms with van der Waals surface area (Å²) in [7, 11) is -0.351. The first-order valence-corrected chi connectivity index (χ1v) is 10.1. The van der Waals surface area contributed by atoms with Gasteiger partial charge in [0, 0.05) is 40.5 Å². The van der Waals surface area contributed by atoms with Crippen molar-refractivity contribution in [2.75, 3.05) is 47.1 Å². The van der Waals surface area contributed by atoms with Gasteiger partial charge < -0.3 is 20.1 Å². The van der Waals surface area contributed by atoms with Gasteiger partial charge in [-0.1, -0.05) is 12.1 Å². The number of nitrogens with one attached hydrogen (secondary N) is 3. The Labute approximate surface area is 179 Å².